The minimum Gasteiger partial charge on any atom is -0.301 e. The van der Waals surface area contributed by atoms with Crippen LogP contribution < -0.4 is 11.0 Å². The van der Waals surface area contributed by atoms with Crippen molar-refractivity contribution in [3.8, 4) is 0 Å². The third kappa shape index (κ3) is 5.32. The van der Waals surface area contributed by atoms with Crippen LogP contribution in [0.4, 0.5) is 5.69 Å². The number of hydrogen-bond acceptors (Lipinski definition) is 8. The predicted molar refractivity (Wildman–Crippen MR) is 106 cm³/mol. The van der Waals surface area contributed by atoms with E-state index in [1.165, 1.54) is 55.0 Å². The van der Waals surface area contributed by atoms with E-state index in [1.54, 1.807) is 6.92 Å². The molecule has 2 aromatic heterocycles. The molecule has 2 N–H and O–H groups in total. The Morgan fingerprint density at radius 3 is 2.72 bits per heavy atom. The van der Waals surface area contributed by atoms with Crippen LogP contribution in [0.25, 0.3) is 0 Å². The lowest BCUT2D eigenvalue weighted by atomic mass is 10.2. The second-order valence-electron chi connectivity index (χ2n) is 5.71. The molecule has 0 fully saturated rings. The summed E-state index contributed by atoms with van der Waals surface area (Å²) >= 11 is 1.12. The van der Waals surface area contributed by atoms with Crippen molar-refractivity contribution < 1.29 is 9.72 Å². The maximum atomic E-state index is 12.0. The molecule has 0 aliphatic carbocycles. The fourth-order valence-electron chi connectivity index (χ4n) is 2.28. The number of aromatic nitrogens is 3. The lowest BCUT2D eigenvalue weighted by Crippen LogP contribution is -2.17. The number of nitro groups is 1. The second kappa shape index (κ2) is 8.89. The number of aryl methyl sites for hydroxylation is 1. The number of hydrogen-bond donors (Lipinski definition) is 2. The maximum absolute atomic E-state index is 12.0. The molecule has 3 rings (SSSR count). The van der Waals surface area contributed by atoms with Gasteiger partial charge in [-0.1, -0.05) is 11.8 Å². The summed E-state index contributed by atoms with van der Waals surface area (Å²) in [5, 5.41) is 15.3. The van der Waals surface area contributed by atoms with Crippen molar-refractivity contribution in [3.63, 3.8) is 0 Å². The van der Waals surface area contributed by atoms with Gasteiger partial charge in [-0.15, -0.1) is 0 Å². The van der Waals surface area contributed by atoms with Gasteiger partial charge in [0.05, 0.1) is 11.1 Å². The Hall–Kier alpha value is -3.86. The van der Waals surface area contributed by atoms with E-state index in [1.807, 2.05) is 0 Å². The minimum atomic E-state index is -0.534. The average molecular weight is 410 g/mol. The molecule has 146 valence electrons. The summed E-state index contributed by atoms with van der Waals surface area (Å²) in [6.07, 6.45) is 4.25. The second-order valence-corrected chi connectivity index (χ2v) is 6.74. The van der Waals surface area contributed by atoms with Crippen LogP contribution in [0.1, 0.15) is 21.6 Å². The number of nitro benzene ring substituents is 1. The number of nitrogens with zero attached hydrogens (tertiary/aromatic N) is 4. The monoisotopic (exact) mass is 410 g/mol. The number of non-ortho nitro benzene ring substituents is 1. The van der Waals surface area contributed by atoms with Gasteiger partial charge in [-0.3, -0.25) is 24.7 Å². The van der Waals surface area contributed by atoms with Gasteiger partial charge in [0.2, 0.25) is 0 Å². The van der Waals surface area contributed by atoms with E-state index < -0.39 is 10.8 Å². The molecule has 3 aromatic rings. The van der Waals surface area contributed by atoms with Gasteiger partial charge in [0, 0.05) is 52.3 Å². The number of aromatic amines is 1. The van der Waals surface area contributed by atoms with Gasteiger partial charge in [-0.2, -0.15) is 5.10 Å². The molecule has 0 atom stereocenters. The zero-order valence-electron chi connectivity index (χ0n) is 15.0. The first-order valence-corrected chi connectivity index (χ1v) is 9.02. The van der Waals surface area contributed by atoms with Crippen molar-refractivity contribution in [1.82, 2.24) is 20.4 Å². The average Bonchev–Trinajstić information content (AvgIpc) is 2.68. The SMILES string of the molecule is Cc1cc(=O)[nH]c(Sc2ccc([N+](=O)[O-])cc2/C=N\NC(=O)c2ccncc2)n1. The lowest BCUT2D eigenvalue weighted by Gasteiger charge is -2.06. The molecule has 1 aromatic carbocycles. The van der Waals surface area contributed by atoms with E-state index in [4.69, 9.17) is 0 Å². The molecular weight excluding hydrogens is 396 g/mol. The Balaban J connectivity index is 1.86. The maximum Gasteiger partial charge on any atom is 0.271 e. The van der Waals surface area contributed by atoms with E-state index in [0.717, 1.165) is 11.8 Å². The Morgan fingerprint density at radius 1 is 1.28 bits per heavy atom. The molecule has 0 unspecified atom stereocenters. The number of amides is 1. The minimum absolute atomic E-state index is 0.137. The summed E-state index contributed by atoms with van der Waals surface area (Å²) in [6, 6.07) is 8.59. The summed E-state index contributed by atoms with van der Waals surface area (Å²) in [5.41, 5.74) is 3.20. The molecule has 0 radical (unpaired) electrons. The zero-order valence-corrected chi connectivity index (χ0v) is 15.8. The van der Waals surface area contributed by atoms with Crippen molar-refractivity contribution in [2.45, 2.75) is 17.0 Å². The molecule has 11 heteroatoms. The van der Waals surface area contributed by atoms with Crippen LogP contribution in [0.3, 0.4) is 0 Å². The van der Waals surface area contributed by atoms with E-state index in [0.29, 0.717) is 26.9 Å². The van der Waals surface area contributed by atoms with Gasteiger partial charge in [0.15, 0.2) is 5.16 Å². The van der Waals surface area contributed by atoms with Gasteiger partial charge in [0.1, 0.15) is 0 Å². The van der Waals surface area contributed by atoms with Crippen molar-refractivity contribution in [2.75, 3.05) is 0 Å². The number of nitrogens with one attached hydrogen (secondary N) is 2. The summed E-state index contributed by atoms with van der Waals surface area (Å²) in [5.74, 6) is -0.451. The predicted octanol–water partition coefficient (Wildman–Crippen LogP) is 2.30. The number of pyridine rings is 1. The number of carbonyl (C=O) groups is 1. The largest absolute Gasteiger partial charge is 0.301 e. The van der Waals surface area contributed by atoms with Gasteiger partial charge in [-0.25, -0.2) is 10.4 Å². The lowest BCUT2D eigenvalue weighted by molar-refractivity contribution is -0.384. The van der Waals surface area contributed by atoms with Gasteiger partial charge >= 0.3 is 0 Å². The van der Waals surface area contributed by atoms with Crippen LogP contribution >= 0.6 is 11.8 Å². The highest BCUT2D eigenvalue weighted by Crippen LogP contribution is 2.29. The molecule has 0 aliphatic heterocycles. The van der Waals surface area contributed by atoms with Crippen molar-refractivity contribution in [3.05, 3.63) is 86.1 Å². The normalized spacial score (nSPS) is 10.8. The quantitative estimate of drug-likeness (QED) is 0.275. The Morgan fingerprint density at radius 2 is 2.03 bits per heavy atom. The van der Waals surface area contributed by atoms with Crippen molar-refractivity contribution >= 4 is 29.6 Å². The van der Waals surface area contributed by atoms with Gasteiger partial charge < -0.3 is 4.98 Å². The first kappa shape index (κ1) is 19.9. The number of benzene rings is 1. The Kier molecular flexibility index (Phi) is 6.09. The highest BCUT2D eigenvalue weighted by molar-refractivity contribution is 7.99. The third-order valence-corrected chi connectivity index (χ3v) is 4.55. The van der Waals surface area contributed by atoms with E-state index >= 15 is 0 Å². The first-order valence-electron chi connectivity index (χ1n) is 8.20. The van der Waals surface area contributed by atoms with E-state index in [9.17, 15) is 19.7 Å². The van der Waals surface area contributed by atoms with E-state index in [2.05, 4.69) is 25.5 Å². The summed E-state index contributed by atoms with van der Waals surface area (Å²) in [7, 11) is 0. The molecule has 10 nitrogen and oxygen atoms in total. The fourth-order valence-corrected chi connectivity index (χ4v) is 3.19. The van der Waals surface area contributed by atoms with Crippen LogP contribution in [-0.4, -0.2) is 32.0 Å². The molecule has 0 bridgehead atoms. The molecule has 0 saturated carbocycles. The fraction of sp³-hybridized carbons (Fsp3) is 0.0556. The molecule has 2 heterocycles. The summed E-state index contributed by atoms with van der Waals surface area (Å²) in [6.45, 7) is 1.69. The van der Waals surface area contributed by atoms with Crippen molar-refractivity contribution in [1.29, 1.82) is 0 Å². The standard InChI is InChI=1S/C18H14N6O4S/c1-11-8-16(25)22-18(21-11)29-15-3-2-14(24(27)28)9-13(15)10-20-23-17(26)12-4-6-19-7-5-12/h2-10H,1H3,(H,23,26)(H,21,22,25)/b20-10-. The first-order chi connectivity index (χ1) is 13.9. The Bertz CT molecular complexity index is 1150. The third-order valence-electron chi connectivity index (χ3n) is 3.57. The number of hydrazone groups is 1. The van der Waals surface area contributed by atoms with E-state index in [-0.39, 0.29) is 11.2 Å². The molecule has 0 aliphatic rings. The van der Waals surface area contributed by atoms with Gasteiger partial charge in [0.25, 0.3) is 17.2 Å². The highest BCUT2D eigenvalue weighted by atomic mass is 32.2. The summed E-state index contributed by atoms with van der Waals surface area (Å²) in [4.78, 5) is 45.5. The number of carbonyl (C=O) groups excluding carboxylic acids is 1. The number of H-pyrrole nitrogens is 1. The number of rotatable bonds is 6. The van der Waals surface area contributed by atoms with Crippen molar-refractivity contribution in [2.24, 2.45) is 5.10 Å². The van der Waals surface area contributed by atoms with Crippen LogP contribution in [0.15, 0.2) is 68.7 Å². The molecule has 0 spiro atoms. The van der Waals surface area contributed by atoms with Crippen LogP contribution in [0, 0.1) is 17.0 Å². The molecular formula is C18H14N6O4S. The summed E-state index contributed by atoms with van der Waals surface area (Å²) < 4.78 is 0. The van der Waals surface area contributed by atoms with Gasteiger partial charge in [-0.05, 0) is 25.1 Å². The van der Waals surface area contributed by atoms with Crippen LogP contribution in [0.2, 0.25) is 0 Å². The Labute approximate surface area is 168 Å². The van der Waals surface area contributed by atoms with Crippen LogP contribution in [-0.2, 0) is 0 Å². The topological polar surface area (TPSA) is 143 Å². The molecule has 29 heavy (non-hydrogen) atoms. The zero-order chi connectivity index (χ0) is 20.8. The molecule has 0 saturated heterocycles. The van der Waals surface area contributed by atoms with Crippen LogP contribution in [0.5, 0.6) is 0 Å². The smallest absolute Gasteiger partial charge is 0.271 e. The highest BCUT2D eigenvalue weighted by Gasteiger charge is 2.12. The molecule has 1 amide bonds.